The highest BCUT2D eigenvalue weighted by atomic mass is 16.3. The van der Waals surface area contributed by atoms with Crippen molar-refractivity contribution in [2.24, 2.45) is 0 Å². The van der Waals surface area contributed by atoms with Crippen LogP contribution in [0, 0.1) is 0 Å². The molecular weight excluding hydrogens is 376 g/mol. The first-order valence-electron chi connectivity index (χ1n) is 9.98. The van der Waals surface area contributed by atoms with Gasteiger partial charge in [0, 0.05) is 23.2 Å². The van der Waals surface area contributed by atoms with Crippen molar-refractivity contribution < 1.29 is 9.90 Å². The normalized spacial score (nSPS) is 12.7. The minimum absolute atomic E-state index is 0.218. The predicted octanol–water partition coefficient (Wildman–Crippen LogP) is 4.57. The molecule has 4 aromatic rings. The fraction of sp³-hybridized carbons (Fsp3) is 0.120. The first-order valence-corrected chi connectivity index (χ1v) is 9.98. The first-order chi connectivity index (χ1) is 14.6. The molecule has 1 aliphatic heterocycles. The van der Waals surface area contributed by atoms with Gasteiger partial charge in [-0.3, -0.25) is 9.59 Å². The Balaban J connectivity index is 1.62. The van der Waals surface area contributed by atoms with E-state index < -0.39 is 11.5 Å². The van der Waals surface area contributed by atoms with Gasteiger partial charge in [0.1, 0.15) is 11.3 Å². The summed E-state index contributed by atoms with van der Waals surface area (Å²) in [5.41, 5.74) is 3.45. The van der Waals surface area contributed by atoms with Gasteiger partial charge in [-0.25, -0.2) is 0 Å². The van der Waals surface area contributed by atoms with Gasteiger partial charge in [0.15, 0.2) is 0 Å². The summed E-state index contributed by atoms with van der Waals surface area (Å²) in [4.78, 5) is 26.3. The maximum Gasteiger partial charge on any atom is 0.267 e. The van der Waals surface area contributed by atoms with Crippen LogP contribution in [-0.4, -0.2) is 15.6 Å². The maximum atomic E-state index is 13.2. The van der Waals surface area contributed by atoms with E-state index in [-0.39, 0.29) is 11.3 Å². The number of aryl methyl sites for hydroxylation is 2. The quantitative estimate of drug-likeness (QED) is 0.533. The Kier molecular flexibility index (Phi) is 4.36. The molecule has 5 rings (SSSR count). The second-order valence-corrected chi connectivity index (χ2v) is 7.46. The molecule has 5 nitrogen and oxygen atoms in total. The second-order valence-electron chi connectivity index (χ2n) is 7.46. The minimum atomic E-state index is -0.609. The molecule has 5 heteroatoms. The van der Waals surface area contributed by atoms with E-state index in [1.807, 2.05) is 60.7 Å². The number of rotatable bonds is 3. The molecule has 0 saturated carbocycles. The van der Waals surface area contributed by atoms with Gasteiger partial charge in [-0.2, -0.15) is 0 Å². The fourth-order valence-electron chi connectivity index (χ4n) is 4.27. The van der Waals surface area contributed by atoms with E-state index in [1.165, 1.54) is 0 Å². The van der Waals surface area contributed by atoms with Crippen molar-refractivity contribution in [3.8, 4) is 16.9 Å². The summed E-state index contributed by atoms with van der Waals surface area (Å²) in [5.74, 6) is -0.868. The summed E-state index contributed by atoms with van der Waals surface area (Å²) in [7, 11) is 0. The van der Waals surface area contributed by atoms with Gasteiger partial charge in [-0.1, -0.05) is 60.7 Å². The van der Waals surface area contributed by atoms with Crippen LogP contribution in [0.25, 0.3) is 22.0 Å². The standard InChI is InChI=1S/C25H20N2O3/c28-23-19-13-6-10-17-11-7-15-27(22(17)19)25(30)21(23)24(29)26-20-14-5-4-12-18(20)16-8-2-1-3-9-16/h1-6,8-10,12-14,28H,7,11,15H2,(H,26,29). The zero-order chi connectivity index (χ0) is 20.7. The molecule has 0 spiro atoms. The van der Waals surface area contributed by atoms with Crippen molar-refractivity contribution in [1.29, 1.82) is 0 Å². The lowest BCUT2D eigenvalue weighted by Crippen LogP contribution is -2.31. The largest absolute Gasteiger partial charge is 0.506 e. The van der Waals surface area contributed by atoms with Crippen LogP contribution in [-0.2, 0) is 13.0 Å². The van der Waals surface area contributed by atoms with Crippen LogP contribution in [0.15, 0.2) is 77.6 Å². The Labute approximate surface area is 173 Å². The zero-order valence-electron chi connectivity index (χ0n) is 16.3. The van der Waals surface area contributed by atoms with Crippen molar-refractivity contribution in [3.05, 3.63) is 94.3 Å². The molecule has 0 bridgehead atoms. The summed E-state index contributed by atoms with van der Waals surface area (Å²) < 4.78 is 1.62. The number of carbonyl (C=O) groups is 1. The molecule has 1 aromatic heterocycles. The molecule has 2 N–H and O–H groups in total. The molecule has 0 unspecified atom stereocenters. The van der Waals surface area contributed by atoms with Gasteiger partial charge in [0.05, 0.1) is 5.52 Å². The van der Waals surface area contributed by atoms with Crippen LogP contribution < -0.4 is 10.9 Å². The lowest BCUT2D eigenvalue weighted by Gasteiger charge is -2.21. The molecule has 0 radical (unpaired) electrons. The molecule has 3 aromatic carbocycles. The lowest BCUT2D eigenvalue weighted by molar-refractivity contribution is 0.102. The van der Waals surface area contributed by atoms with Crippen LogP contribution in [0.2, 0.25) is 0 Å². The zero-order valence-corrected chi connectivity index (χ0v) is 16.3. The molecule has 0 fully saturated rings. The van der Waals surface area contributed by atoms with Gasteiger partial charge in [-0.05, 0) is 36.1 Å². The van der Waals surface area contributed by atoms with Crippen molar-refractivity contribution in [2.45, 2.75) is 19.4 Å². The van der Waals surface area contributed by atoms with E-state index in [0.717, 1.165) is 35.0 Å². The monoisotopic (exact) mass is 396 g/mol. The second kappa shape index (κ2) is 7.19. The first kappa shape index (κ1) is 18.2. The lowest BCUT2D eigenvalue weighted by atomic mass is 9.99. The SMILES string of the molecule is O=C(Nc1ccccc1-c1ccccc1)c1c(O)c2cccc3c2n(c1=O)CCC3. The Hall–Kier alpha value is -3.86. The number of nitrogens with one attached hydrogen (secondary N) is 1. The number of amides is 1. The molecule has 0 atom stereocenters. The van der Waals surface area contributed by atoms with E-state index in [1.54, 1.807) is 16.7 Å². The number of para-hydroxylation sites is 2. The van der Waals surface area contributed by atoms with Gasteiger partial charge in [-0.15, -0.1) is 0 Å². The van der Waals surface area contributed by atoms with Gasteiger partial charge in [0.25, 0.3) is 11.5 Å². The molecule has 0 saturated heterocycles. The van der Waals surface area contributed by atoms with Crippen molar-refractivity contribution in [3.63, 3.8) is 0 Å². The Morgan fingerprint density at radius 2 is 1.70 bits per heavy atom. The van der Waals surface area contributed by atoms with E-state index in [0.29, 0.717) is 17.6 Å². The van der Waals surface area contributed by atoms with E-state index >= 15 is 0 Å². The third-order valence-corrected chi connectivity index (χ3v) is 5.66. The maximum absolute atomic E-state index is 13.2. The number of aromatic nitrogens is 1. The number of aromatic hydroxyl groups is 1. The smallest absolute Gasteiger partial charge is 0.267 e. The molecule has 1 aliphatic rings. The molecule has 30 heavy (non-hydrogen) atoms. The van der Waals surface area contributed by atoms with E-state index in [2.05, 4.69) is 5.32 Å². The van der Waals surface area contributed by atoms with Gasteiger partial charge >= 0.3 is 0 Å². The molecule has 148 valence electrons. The number of hydrogen-bond donors (Lipinski definition) is 2. The van der Waals surface area contributed by atoms with Gasteiger partial charge in [0.2, 0.25) is 0 Å². The number of pyridine rings is 1. The number of anilines is 1. The van der Waals surface area contributed by atoms with Crippen molar-refractivity contribution in [2.75, 3.05) is 5.32 Å². The van der Waals surface area contributed by atoms with Gasteiger partial charge < -0.3 is 15.0 Å². The van der Waals surface area contributed by atoms with E-state index in [9.17, 15) is 14.7 Å². The summed E-state index contributed by atoms with van der Waals surface area (Å²) in [6, 6.07) is 22.7. The van der Waals surface area contributed by atoms with Crippen molar-refractivity contribution in [1.82, 2.24) is 4.57 Å². The van der Waals surface area contributed by atoms with Crippen LogP contribution in [0.5, 0.6) is 5.75 Å². The van der Waals surface area contributed by atoms with Crippen LogP contribution in [0.1, 0.15) is 22.3 Å². The highest BCUT2D eigenvalue weighted by Crippen LogP contribution is 2.33. The summed E-state index contributed by atoms with van der Waals surface area (Å²) >= 11 is 0. The Bertz CT molecular complexity index is 1340. The molecule has 0 aliphatic carbocycles. The summed E-state index contributed by atoms with van der Waals surface area (Å²) in [6.45, 7) is 0.535. The van der Waals surface area contributed by atoms with Crippen LogP contribution in [0.3, 0.4) is 0 Å². The number of benzene rings is 3. The predicted molar refractivity (Wildman–Crippen MR) is 118 cm³/mol. The van der Waals surface area contributed by atoms with Crippen LogP contribution >= 0.6 is 0 Å². The third-order valence-electron chi connectivity index (χ3n) is 5.66. The molecule has 1 amide bonds. The number of hydrogen-bond acceptors (Lipinski definition) is 3. The number of carbonyl (C=O) groups excluding carboxylic acids is 1. The molecule has 2 heterocycles. The Morgan fingerprint density at radius 1 is 0.933 bits per heavy atom. The average molecular weight is 396 g/mol. The molecular formula is C25H20N2O3. The van der Waals surface area contributed by atoms with Crippen molar-refractivity contribution >= 4 is 22.5 Å². The number of nitrogens with zero attached hydrogens (tertiary/aromatic N) is 1. The Morgan fingerprint density at radius 3 is 2.53 bits per heavy atom. The van der Waals surface area contributed by atoms with Crippen LogP contribution in [0.4, 0.5) is 5.69 Å². The average Bonchev–Trinajstić information content (AvgIpc) is 2.78. The summed E-state index contributed by atoms with van der Waals surface area (Å²) in [6.07, 6.45) is 1.68. The third kappa shape index (κ3) is 2.87. The highest BCUT2D eigenvalue weighted by Gasteiger charge is 2.25. The minimum Gasteiger partial charge on any atom is -0.506 e. The van der Waals surface area contributed by atoms with E-state index in [4.69, 9.17) is 0 Å². The fourth-order valence-corrected chi connectivity index (χ4v) is 4.27. The summed E-state index contributed by atoms with van der Waals surface area (Å²) in [5, 5.41) is 14.2. The highest BCUT2D eigenvalue weighted by molar-refractivity contribution is 6.10. The topological polar surface area (TPSA) is 71.3 Å².